The van der Waals surface area contributed by atoms with Gasteiger partial charge in [-0.05, 0) is 29.3 Å². The van der Waals surface area contributed by atoms with Crippen LogP contribution in [-0.4, -0.2) is 75.7 Å². The second-order valence-electron chi connectivity index (χ2n) is 8.06. The van der Waals surface area contributed by atoms with E-state index in [4.69, 9.17) is 11.6 Å². The van der Waals surface area contributed by atoms with Crippen molar-refractivity contribution in [2.45, 2.75) is 19.5 Å². The minimum Gasteiger partial charge on any atom is -0.353 e. The Bertz CT molecular complexity index is 1070. The predicted octanol–water partition coefficient (Wildman–Crippen LogP) is 1.26. The van der Waals surface area contributed by atoms with Gasteiger partial charge in [0.1, 0.15) is 0 Å². The van der Waals surface area contributed by atoms with Crippen molar-refractivity contribution in [1.82, 2.24) is 30.4 Å². The molecule has 5 rings (SSSR count). The summed E-state index contributed by atoms with van der Waals surface area (Å²) in [6.07, 6.45) is 0.185. The van der Waals surface area contributed by atoms with E-state index in [1.54, 1.807) is 6.07 Å². The fourth-order valence-electron chi connectivity index (χ4n) is 4.31. The highest BCUT2D eigenvalue weighted by Crippen LogP contribution is 2.27. The molecule has 3 aliphatic rings. The van der Waals surface area contributed by atoms with Crippen LogP contribution in [0.4, 0.5) is 10.6 Å². The number of aromatic nitrogens is 2. The Labute approximate surface area is 189 Å². The molecule has 0 radical (unpaired) electrons. The Balaban J connectivity index is 1.21. The van der Waals surface area contributed by atoms with Crippen molar-refractivity contribution in [2.75, 3.05) is 37.6 Å². The van der Waals surface area contributed by atoms with E-state index < -0.39 is 6.03 Å². The summed E-state index contributed by atoms with van der Waals surface area (Å²) in [7, 11) is 0. The van der Waals surface area contributed by atoms with Crippen LogP contribution >= 0.6 is 11.6 Å². The van der Waals surface area contributed by atoms with Gasteiger partial charge in [0.05, 0.1) is 13.1 Å². The molecule has 2 fully saturated rings. The largest absolute Gasteiger partial charge is 0.353 e. The van der Waals surface area contributed by atoms with Gasteiger partial charge in [-0.2, -0.15) is 0 Å². The predicted molar refractivity (Wildman–Crippen MR) is 116 cm³/mol. The van der Waals surface area contributed by atoms with Crippen LogP contribution in [-0.2, 0) is 17.9 Å². The lowest BCUT2D eigenvalue weighted by Crippen LogP contribution is -2.56. The van der Waals surface area contributed by atoms with Crippen molar-refractivity contribution >= 4 is 35.3 Å². The zero-order chi connectivity index (χ0) is 22.2. The maximum absolute atomic E-state index is 12.8. The topological polar surface area (TPSA) is 102 Å². The lowest BCUT2D eigenvalue weighted by Gasteiger charge is -2.35. The lowest BCUT2D eigenvalue weighted by molar-refractivity contribution is -0.123. The smallest absolute Gasteiger partial charge is 0.342 e. The van der Waals surface area contributed by atoms with Gasteiger partial charge in [-0.15, -0.1) is 10.2 Å². The van der Waals surface area contributed by atoms with Crippen LogP contribution in [0, 0.1) is 0 Å². The van der Waals surface area contributed by atoms with Gasteiger partial charge in [0.2, 0.25) is 5.91 Å². The molecule has 2 saturated heterocycles. The maximum atomic E-state index is 12.8. The van der Waals surface area contributed by atoms with Gasteiger partial charge in [-0.1, -0.05) is 23.7 Å². The number of halogens is 1. The first-order valence-electron chi connectivity index (χ1n) is 10.5. The molecule has 1 aromatic heterocycles. The minimum absolute atomic E-state index is 0.185. The number of rotatable bonds is 4. The number of nitrogens with one attached hydrogen (secondary N) is 1. The lowest BCUT2D eigenvalue weighted by atomic mass is 10.1. The molecule has 0 bridgehead atoms. The molecule has 0 atom stereocenters. The second kappa shape index (κ2) is 8.36. The number of hydrogen-bond acceptors (Lipinski definition) is 7. The average molecular weight is 456 g/mol. The van der Waals surface area contributed by atoms with Gasteiger partial charge in [-0.25, -0.2) is 14.8 Å². The SMILES string of the molecule is O=C1CCN(N2Cc3cc(CN4CCN(c5ccc(Cl)nn5)CC4)ccc3C2=O)C(=O)N1. The molecule has 166 valence electrons. The molecule has 10 nitrogen and oxygen atoms in total. The van der Waals surface area contributed by atoms with Crippen molar-refractivity contribution < 1.29 is 14.4 Å². The molecular weight excluding hydrogens is 434 g/mol. The molecule has 1 N–H and O–H groups in total. The highest BCUT2D eigenvalue weighted by atomic mass is 35.5. The summed E-state index contributed by atoms with van der Waals surface area (Å²) in [4.78, 5) is 40.9. The standard InChI is InChI=1S/C21H22ClN7O3/c22-17-3-4-18(25-24-17)27-9-7-26(8-10-27)12-14-1-2-16-15(11-14)13-29(20(16)31)28-6-5-19(30)23-21(28)32/h1-4,11H,5-10,12-13H2,(H,23,30,32). The van der Waals surface area contributed by atoms with E-state index in [-0.39, 0.29) is 24.8 Å². The molecular formula is C21H22ClN7O3. The van der Waals surface area contributed by atoms with Gasteiger partial charge in [0, 0.05) is 44.7 Å². The first-order valence-corrected chi connectivity index (χ1v) is 10.9. The second-order valence-corrected chi connectivity index (χ2v) is 8.45. The van der Waals surface area contributed by atoms with Crippen molar-refractivity contribution in [1.29, 1.82) is 0 Å². The molecule has 4 amide bonds. The summed E-state index contributed by atoms with van der Waals surface area (Å²) in [5.74, 6) is 0.295. The van der Waals surface area contributed by atoms with Gasteiger partial charge >= 0.3 is 6.03 Å². The van der Waals surface area contributed by atoms with E-state index in [1.807, 2.05) is 24.3 Å². The van der Waals surface area contributed by atoms with E-state index >= 15 is 0 Å². The molecule has 3 aliphatic heterocycles. The Kier molecular flexibility index (Phi) is 5.40. The molecule has 0 aliphatic carbocycles. The van der Waals surface area contributed by atoms with Crippen LogP contribution in [0.25, 0.3) is 0 Å². The first-order chi connectivity index (χ1) is 15.5. The van der Waals surface area contributed by atoms with Crippen LogP contribution in [0.15, 0.2) is 30.3 Å². The van der Waals surface area contributed by atoms with Crippen LogP contribution in [0.1, 0.15) is 27.9 Å². The summed E-state index contributed by atoms with van der Waals surface area (Å²) in [6.45, 7) is 4.77. The van der Waals surface area contributed by atoms with E-state index in [9.17, 15) is 14.4 Å². The molecule has 0 saturated carbocycles. The highest BCUT2D eigenvalue weighted by molar-refractivity contribution is 6.29. The van der Waals surface area contributed by atoms with Gasteiger partial charge < -0.3 is 4.90 Å². The summed E-state index contributed by atoms with van der Waals surface area (Å²) in [6, 6.07) is 8.92. The number of piperazine rings is 1. The van der Waals surface area contributed by atoms with Crippen LogP contribution in [0.3, 0.4) is 0 Å². The minimum atomic E-state index is -0.550. The normalized spacial score (nSPS) is 19.4. The summed E-state index contributed by atoms with van der Waals surface area (Å²) in [5, 5.41) is 13.5. The Hall–Kier alpha value is -3.24. The van der Waals surface area contributed by atoms with Crippen LogP contribution in [0.5, 0.6) is 0 Å². The van der Waals surface area contributed by atoms with Gasteiger partial charge in [0.15, 0.2) is 11.0 Å². The molecule has 2 aromatic rings. The Morgan fingerprint density at radius 1 is 0.938 bits per heavy atom. The number of amides is 4. The summed E-state index contributed by atoms with van der Waals surface area (Å²) in [5.41, 5.74) is 2.62. The first kappa shape index (κ1) is 20.7. The molecule has 32 heavy (non-hydrogen) atoms. The third-order valence-electron chi connectivity index (χ3n) is 6.00. The number of nitrogens with zero attached hydrogens (tertiary/aromatic N) is 6. The van der Waals surface area contributed by atoms with E-state index in [1.165, 1.54) is 10.0 Å². The Morgan fingerprint density at radius 3 is 2.47 bits per heavy atom. The maximum Gasteiger partial charge on any atom is 0.342 e. The van der Waals surface area contributed by atoms with E-state index in [0.717, 1.165) is 49.7 Å². The zero-order valence-electron chi connectivity index (χ0n) is 17.3. The number of hydrogen-bond donors (Lipinski definition) is 1. The molecule has 0 spiro atoms. The number of carbonyl (C=O) groups excluding carboxylic acids is 3. The average Bonchev–Trinajstić information content (AvgIpc) is 3.10. The molecule has 0 unspecified atom stereocenters. The van der Waals surface area contributed by atoms with Crippen molar-refractivity contribution in [3.05, 3.63) is 52.2 Å². The molecule has 11 heteroatoms. The van der Waals surface area contributed by atoms with Gasteiger partial charge in [0.25, 0.3) is 5.91 Å². The van der Waals surface area contributed by atoms with Crippen molar-refractivity contribution in [3.8, 4) is 0 Å². The van der Waals surface area contributed by atoms with Crippen molar-refractivity contribution in [2.24, 2.45) is 0 Å². The third kappa shape index (κ3) is 3.98. The summed E-state index contributed by atoms with van der Waals surface area (Å²) >= 11 is 5.82. The van der Waals surface area contributed by atoms with Crippen molar-refractivity contribution in [3.63, 3.8) is 0 Å². The zero-order valence-corrected chi connectivity index (χ0v) is 18.1. The number of hydrazine groups is 1. The molecule has 4 heterocycles. The van der Waals surface area contributed by atoms with E-state index in [0.29, 0.717) is 17.3 Å². The van der Waals surface area contributed by atoms with Gasteiger partial charge in [-0.3, -0.25) is 19.8 Å². The monoisotopic (exact) mass is 455 g/mol. The number of imide groups is 1. The fourth-order valence-corrected chi connectivity index (χ4v) is 4.41. The van der Waals surface area contributed by atoms with Crippen LogP contribution in [0.2, 0.25) is 5.15 Å². The number of benzene rings is 1. The highest BCUT2D eigenvalue weighted by Gasteiger charge is 2.36. The number of urea groups is 1. The summed E-state index contributed by atoms with van der Waals surface area (Å²) < 4.78 is 0. The van der Waals surface area contributed by atoms with E-state index in [2.05, 4.69) is 25.3 Å². The quantitative estimate of drug-likeness (QED) is 0.740. The third-order valence-corrected chi connectivity index (χ3v) is 6.20. The molecule has 1 aromatic carbocycles. The Morgan fingerprint density at radius 2 is 1.75 bits per heavy atom. The number of carbonyl (C=O) groups is 3. The number of anilines is 1. The number of fused-ring (bicyclic) bond motifs is 1. The van der Waals surface area contributed by atoms with Crippen LogP contribution < -0.4 is 10.2 Å². The fraction of sp³-hybridized carbons (Fsp3) is 0.381.